The van der Waals surface area contributed by atoms with Gasteiger partial charge < -0.3 is 5.73 Å². The second-order valence-corrected chi connectivity index (χ2v) is 5.77. The highest BCUT2D eigenvalue weighted by atomic mass is 15.3. The molecule has 0 spiro atoms. The Morgan fingerprint density at radius 2 is 1.79 bits per heavy atom. The van der Waals surface area contributed by atoms with E-state index in [2.05, 4.69) is 18.1 Å². The van der Waals surface area contributed by atoms with Crippen LogP contribution in [0.25, 0.3) is 0 Å². The van der Waals surface area contributed by atoms with Gasteiger partial charge in [-0.05, 0) is 19.4 Å². The number of aromatic nitrogens is 2. The van der Waals surface area contributed by atoms with Crippen LogP contribution >= 0.6 is 0 Å². The number of hydrogen-bond donors (Lipinski definition) is 1. The number of nitrogens with zero attached hydrogens (tertiary/aromatic N) is 2. The molecule has 0 saturated carbocycles. The van der Waals surface area contributed by atoms with Crippen molar-refractivity contribution in [2.75, 3.05) is 0 Å². The molecule has 1 unspecified atom stereocenters. The minimum Gasteiger partial charge on any atom is -0.327 e. The molecule has 3 nitrogen and oxygen atoms in total. The van der Waals surface area contributed by atoms with E-state index in [0.717, 1.165) is 18.5 Å². The first-order valence-electron chi connectivity index (χ1n) is 7.88. The van der Waals surface area contributed by atoms with Crippen LogP contribution in [0.2, 0.25) is 0 Å². The minimum absolute atomic E-state index is 0.283. The maximum Gasteiger partial charge on any atom is 0.0596 e. The largest absolute Gasteiger partial charge is 0.327 e. The maximum atomic E-state index is 6.21. The van der Waals surface area contributed by atoms with Crippen LogP contribution in [0.1, 0.15) is 69.7 Å². The Morgan fingerprint density at radius 3 is 2.37 bits per heavy atom. The van der Waals surface area contributed by atoms with Gasteiger partial charge in [-0.25, -0.2) is 0 Å². The van der Waals surface area contributed by atoms with Gasteiger partial charge in [0, 0.05) is 25.2 Å². The molecule has 0 amide bonds. The predicted molar refractivity (Wildman–Crippen MR) is 82.2 cm³/mol. The molecule has 1 aromatic heterocycles. The molecule has 1 aromatic rings. The van der Waals surface area contributed by atoms with E-state index in [4.69, 9.17) is 5.73 Å². The van der Waals surface area contributed by atoms with Crippen molar-refractivity contribution < 1.29 is 0 Å². The molecule has 0 aliphatic rings. The molecular weight excluding hydrogens is 234 g/mol. The lowest BCUT2D eigenvalue weighted by Gasteiger charge is -2.11. The van der Waals surface area contributed by atoms with Crippen LogP contribution in [-0.4, -0.2) is 15.8 Å². The normalized spacial score (nSPS) is 12.8. The van der Waals surface area contributed by atoms with Crippen LogP contribution in [0.3, 0.4) is 0 Å². The maximum absolute atomic E-state index is 6.21. The van der Waals surface area contributed by atoms with Gasteiger partial charge in [0.15, 0.2) is 0 Å². The van der Waals surface area contributed by atoms with Gasteiger partial charge in [-0.2, -0.15) is 5.10 Å². The van der Waals surface area contributed by atoms with Crippen LogP contribution in [0.15, 0.2) is 6.07 Å². The fraction of sp³-hybridized carbons (Fsp3) is 0.812. The van der Waals surface area contributed by atoms with Gasteiger partial charge in [0.25, 0.3) is 0 Å². The van der Waals surface area contributed by atoms with Crippen molar-refractivity contribution in [1.29, 1.82) is 0 Å². The molecule has 1 heterocycles. The Bertz CT molecular complexity index is 344. The summed E-state index contributed by atoms with van der Waals surface area (Å²) in [5.74, 6) is 0. The molecule has 3 heteroatoms. The third kappa shape index (κ3) is 6.76. The van der Waals surface area contributed by atoms with Crippen molar-refractivity contribution in [2.24, 2.45) is 12.8 Å². The smallest absolute Gasteiger partial charge is 0.0596 e. The standard InChI is InChI=1S/C16H31N3/c1-4-5-6-7-8-9-10-11-15(17)13-16-12-14(2)18-19(16)3/h12,15H,4-11,13,17H2,1-3H3. The molecule has 19 heavy (non-hydrogen) atoms. The third-order valence-electron chi connectivity index (χ3n) is 3.75. The summed E-state index contributed by atoms with van der Waals surface area (Å²) >= 11 is 0. The highest BCUT2D eigenvalue weighted by Crippen LogP contribution is 2.12. The number of nitrogens with two attached hydrogens (primary N) is 1. The number of aryl methyl sites for hydroxylation is 2. The fourth-order valence-corrected chi connectivity index (χ4v) is 2.59. The van der Waals surface area contributed by atoms with E-state index in [0.29, 0.717) is 0 Å². The minimum atomic E-state index is 0.283. The number of hydrogen-bond acceptors (Lipinski definition) is 2. The van der Waals surface area contributed by atoms with Crippen LogP contribution in [-0.2, 0) is 13.5 Å². The quantitative estimate of drug-likeness (QED) is 0.655. The molecule has 110 valence electrons. The zero-order chi connectivity index (χ0) is 14.1. The van der Waals surface area contributed by atoms with E-state index in [1.54, 1.807) is 0 Å². The average Bonchev–Trinajstić information content (AvgIpc) is 2.66. The molecule has 0 aliphatic carbocycles. The highest BCUT2D eigenvalue weighted by Gasteiger charge is 2.08. The van der Waals surface area contributed by atoms with Crippen LogP contribution in [0, 0.1) is 6.92 Å². The number of unbranched alkanes of at least 4 members (excludes halogenated alkanes) is 6. The summed E-state index contributed by atoms with van der Waals surface area (Å²) in [6.45, 7) is 4.30. The molecule has 1 rings (SSSR count). The molecule has 0 bridgehead atoms. The summed E-state index contributed by atoms with van der Waals surface area (Å²) in [6, 6.07) is 2.43. The summed E-state index contributed by atoms with van der Waals surface area (Å²) < 4.78 is 1.96. The summed E-state index contributed by atoms with van der Waals surface area (Å²) in [5, 5.41) is 4.36. The molecule has 0 fully saturated rings. The lowest BCUT2D eigenvalue weighted by molar-refractivity contribution is 0.518. The highest BCUT2D eigenvalue weighted by molar-refractivity contribution is 5.09. The second-order valence-electron chi connectivity index (χ2n) is 5.77. The molecule has 1 atom stereocenters. The van der Waals surface area contributed by atoms with E-state index >= 15 is 0 Å². The van der Waals surface area contributed by atoms with Gasteiger partial charge in [-0.1, -0.05) is 51.9 Å². The summed E-state index contributed by atoms with van der Waals surface area (Å²) in [6.07, 6.45) is 11.6. The average molecular weight is 265 g/mol. The first kappa shape index (κ1) is 16.2. The zero-order valence-corrected chi connectivity index (χ0v) is 13.0. The lowest BCUT2D eigenvalue weighted by atomic mass is 10.0. The van der Waals surface area contributed by atoms with Crippen molar-refractivity contribution in [3.8, 4) is 0 Å². The summed E-state index contributed by atoms with van der Waals surface area (Å²) in [7, 11) is 2.00. The molecule has 2 N–H and O–H groups in total. The van der Waals surface area contributed by atoms with Gasteiger partial charge in [-0.15, -0.1) is 0 Å². The van der Waals surface area contributed by atoms with E-state index in [-0.39, 0.29) is 6.04 Å². The van der Waals surface area contributed by atoms with Crippen molar-refractivity contribution in [1.82, 2.24) is 9.78 Å². The lowest BCUT2D eigenvalue weighted by Crippen LogP contribution is -2.23. The van der Waals surface area contributed by atoms with Gasteiger partial charge >= 0.3 is 0 Å². The van der Waals surface area contributed by atoms with Gasteiger partial charge in [0.2, 0.25) is 0 Å². The topological polar surface area (TPSA) is 43.8 Å². The molecule has 0 saturated heterocycles. The molecule has 0 aromatic carbocycles. The van der Waals surface area contributed by atoms with Crippen LogP contribution in [0.4, 0.5) is 0 Å². The molecule has 0 aliphatic heterocycles. The van der Waals surface area contributed by atoms with E-state index in [1.165, 1.54) is 50.6 Å². The van der Waals surface area contributed by atoms with Crippen LogP contribution in [0.5, 0.6) is 0 Å². The second kappa shape index (κ2) is 9.13. The molecule has 0 radical (unpaired) electrons. The summed E-state index contributed by atoms with van der Waals surface area (Å²) in [4.78, 5) is 0. The van der Waals surface area contributed by atoms with Gasteiger partial charge in [0.1, 0.15) is 0 Å². The van der Waals surface area contributed by atoms with Crippen molar-refractivity contribution >= 4 is 0 Å². The Labute approximate surface area is 118 Å². The van der Waals surface area contributed by atoms with Crippen LogP contribution < -0.4 is 5.73 Å². The Morgan fingerprint density at radius 1 is 1.16 bits per heavy atom. The number of rotatable bonds is 10. The first-order valence-corrected chi connectivity index (χ1v) is 7.88. The van der Waals surface area contributed by atoms with Gasteiger partial charge in [0.05, 0.1) is 5.69 Å². The SMILES string of the molecule is CCCCCCCCCC(N)Cc1cc(C)nn1C. The van der Waals surface area contributed by atoms with E-state index in [9.17, 15) is 0 Å². The van der Waals surface area contributed by atoms with E-state index < -0.39 is 0 Å². The van der Waals surface area contributed by atoms with Crippen molar-refractivity contribution in [3.05, 3.63) is 17.5 Å². The zero-order valence-electron chi connectivity index (χ0n) is 13.0. The van der Waals surface area contributed by atoms with E-state index in [1.807, 2.05) is 18.7 Å². The third-order valence-corrected chi connectivity index (χ3v) is 3.75. The monoisotopic (exact) mass is 265 g/mol. The van der Waals surface area contributed by atoms with Crippen molar-refractivity contribution in [3.63, 3.8) is 0 Å². The molecular formula is C16H31N3. The Balaban J connectivity index is 2.08. The Hall–Kier alpha value is -0.830. The summed E-state index contributed by atoms with van der Waals surface area (Å²) in [5.41, 5.74) is 8.55. The predicted octanol–water partition coefficient (Wildman–Crippen LogP) is 3.74. The fourth-order valence-electron chi connectivity index (χ4n) is 2.59. The Kier molecular flexibility index (Phi) is 7.80. The van der Waals surface area contributed by atoms with Crippen molar-refractivity contribution in [2.45, 2.75) is 77.7 Å². The first-order chi connectivity index (χ1) is 9.13. The van der Waals surface area contributed by atoms with Gasteiger partial charge in [-0.3, -0.25) is 4.68 Å².